The molecule has 0 aliphatic carbocycles. The Balaban J connectivity index is 1.48. The number of carbonyl (C=O) groups is 2. The highest BCUT2D eigenvalue weighted by molar-refractivity contribution is 7.15. The van der Waals surface area contributed by atoms with Crippen molar-refractivity contribution in [2.75, 3.05) is 10.6 Å². The van der Waals surface area contributed by atoms with E-state index in [9.17, 15) is 9.59 Å². The molecule has 0 saturated carbocycles. The fourth-order valence-corrected chi connectivity index (χ4v) is 4.03. The number of amides is 2. The van der Waals surface area contributed by atoms with E-state index in [1.54, 1.807) is 18.3 Å². The van der Waals surface area contributed by atoms with Crippen LogP contribution in [0.5, 0.6) is 0 Å². The molecule has 0 fully saturated rings. The quantitative estimate of drug-likeness (QED) is 0.683. The Morgan fingerprint density at radius 1 is 1.30 bits per heavy atom. The molecule has 1 aromatic heterocycles. The van der Waals surface area contributed by atoms with Gasteiger partial charge < -0.3 is 5.32 Å². The van der Waals surface area contributed by atoms with Gasteiger partial charge in [-0.15, -0.1) is 11.3 Å². The van der Waals surface area contributed by atoms with Gasteiger partial charge in [0.1, 0.15) is 0 Å². The molecule has 7 heteroatoms. The van der Waals surface area contributed by atoms with Crippen LogP contribution in [0, 0.1) is 6.92 Å². The van der Waals surface area contributed by atoms with Gasteiger partial charge in [-0.2, -0.15) is 0 Å². The lowest BCUT2D eigenvalue weighted by molar-refractivity contribution is -0.115. The summed E-state index contributed by atoms with van der Waals surface area (Å²) in [7, 11) is 0. The van der Waals surface area contributed by atoms with Crippen molar-refractivity contribution >= 4 is 45.6 Å². The van der Waals surface area contributed by atoms with Gasteiger partial charge in [0, 0.05) is 23.2 Å². The van der Waals surface area contributed by atoms with Crippen LogP contribution < -0.4 is 10.6 Å². The molecule has 27 heavy (non-hydrogen) atoms. The third-order valence-corrected chi connectivity index (χ3v) is 5.56. The Bertz CT molecular complexity index is 1040. The highest BCUT2D eigenvalue weighted by Crippen LogP contribution is 2.30. The monoisotopic (exact) mass is 397 g/mol. The molecule has 0 spiro atoms. The number of halogens is 1. The number of nitrogens with one attached hydrogen (secondary N) is 2. The number of hydrogen-bond acceptors (Lipinski definition) is 4. The number of benzene rings is 2. The van der Waals surface area contributed by atoms with Gasteiger partial charge >= 0.3 is 0 Å². The Hall–Kier alpha value is -2.70. The predicted molar refractivity (Wildman–Crippen MR) is 108 cm³/mol. The smallest absolute Gasteiger partial charge is 0.258 e. The molecule has 4 rings (SSSR count). The van der Waals surface area contributed by atoms with Crippen LogP contribution in [0.4, 0.5) is 10.8 Å². The minimum atomic E-state index is -0.335. The van der Waals surface area contributed by atoms with Crippen LogP contribution in [-0.2, 0) is 17.6 Å². The highest BCUT2D eigenvalue weighted by Gasteiger charge is 2.22. The van der Waals surface area contributed by atoms with E-state index in [1.807, 2.05) is 0 Å². The second-order valence-electron chi connectivity index (χ2n) is 6.46. The zero-order valence-electron chi connectivity index (χ0n) is 14.5. The summed E-state index contributed by atoms with van der Waals surface area (Å²) in [5.74, 6) is -0.433. The Morgan fingerprint density at radius 3 is 2.85 bits per heavy atom. The molecule has 0 bridgehead atoms. The summed E-state index contributed by atoms with van der Waals surface area (Å²) in [4.78, 5) is 29.4. The molecule has 2 N–H and O–H groups in total. The number of thiazole rings is 1. The standard InChI is InChI=1S/C20H16ClN3O2S/c1-11-2-4-12(5-3-11)6-14-10-22-20(27-14)24-19(26)15-7-13-8-18(25)23-17(13)9-16(15)21/h2-5,7,9-10H,6,8H2,1H3,(H,23,25)(H,22,24,26). The number of aromatic nitrogens is 1. The maximum atomic E-state index is 12.6. The lowest BCUT2D eigenvalue weighted by Gasteiger charge is -2.07. The van der Waals surface area contributed by atoms with Gasteiger partial charge in [-0.05, 0) is 30.2 Å². The van der Waals surface area contributed by atoms with Crippen molar-refractivity contribution < 1.29 is 9.59 Å². The van der Waals surface area contributed by atoms with Crippen molar-refractivity contribution in [1.29, 1.82) is 0 Å². The summed E-state index contributed by atoms with van der Waals surface area (Å²) in [6, 6.07) is 11.6. The maximum Gasteiger partial charge on any atom is 0.258 e. The number of hydrogen-bond donors (Lipinski definition) is 2. The first-order valence-corrected chi connectivity index (χ1v) is 9.61. The molecule has 136 valence electrons. The molecular formula is C20H16ClN3O2S. The van der Waals surface area contributed by atoms with Gasteiger partial charge in [-0.25, -0.2) is 4.98 Å². The highest BCUT2D eigenvalue weighted by atomic mass is 35.5. The van der Waals surface area contributed by atoms with E-state index < -0.39 is 0 Å². The maximum absolute atomic E-state index is 12.6. The fourth-order valence-electron chi connectivity index (χ4n) is 2.94. The van der Waals surface area contributed by atoms with Crippen LogP contribution in [0.2, 0.25) is 5.02 Å². The topological polar surface area (TPSA) is 71.1 Å². The van der Waals surface area contributed by atoms with E-state index in [4.69, 9.17) is 11.6 Å². The molecule has 2 amide bonds. The number of nitrogens with zero attached hydrogens (tertiary/aromatic N) is 1. The van der Waals surface area contributed by atoms with Gasteiger partial charge in [0.25, 0.3) is 5.91 Å². The van der Waals surface area contributed by atoms with E-state index in [1.165, 1.54) is 22.5 Å². The van der Waals surface area contributed by atoms with Crippen LogP contribution >= 0.6 is 22.9 Å². The minimum absolute atomic E-state index is 0.0979. The van der Waals surface area contributed by atoms with Gasteiger partial charge in [0.05, 0.1) is 17.0 Å². The second kappa shape index (κ2) is 7.13. The van der Waals surface area contributed by atoms with E-state index in [-0.39, 0.29) is 18.2 Å². The SMILES string of the molecule is Cc1ccc(Cc2cnc(NC(=O)c3cc4c(cc3Cl)NC(=O)C4)s2)cc1. The number of fused-ring (bicyclic) bond motifs is 1. The lowest BCUT2D eigenvalue weighted by Crippen LogP contribution is -2.12. The van der Waals surface area contributed by atoms with Crippen molar-refractivity contribution in [3.63, 3.8) is 0 Å². The van der Waals surface area contributed by atoms with Crippen LogP contribution in [-0.4, -0.2) is 16.8 Å². The number of anilines is 2. The summed E-state index contributed by atoms with van der Waals surface area (Å²) in [5.41, 5.74) is 4.19. The molecule has 0 radical (unpaired) electrons. The third kappa shape index (κ3) is 3.86. The van der Waals surface area contributed by atoms with Crippen molar-refractivity contribution in [2.24, 2.45) is 0 Å². The van der Waals surface area contributed by atoms with Crippen LogP contribution in [0.3, 0.4) is 0 Å². The van der Waals surface area contributed by atoms with Crippen molar-refractivity contribution in [1.82, 2.24) is 4.98 Å². The molecule has 3 aromatic rings. The molecule has 2 aromatic carbocycles. The van der Waals surface area contributed by atoms with Crippen LogP contribution in [0.1, 0.15) is 31.9 Å². The molecular weight excluding hydrogens is 382 g/mol. The van der Waals surface area contributed by atoms with Crippen molar-refractivity contribution in [2.45, 2.75) is 19.8 Å². The predicted octanol–water partition coefficient (Wildman–Crippen LogP) is 4.44. The summed E-state index contributed by atoms with van der Waals surface area (Å²) in [6.07, 6.45) is 2.79. The normalized spacial score (nSPS) is 12.6. The lowest BCUT2D eigenvalue weighted by atomic mass is 10.1. The van der Waals surface area contributed by atoms with E-state index >= 15 is 0 Å². The molecule has 1 aliphatic heterocycles. The zero-order chi connectivity index (χ0) is 19.0. The first kappa shape index (κ1) is 17.7. The fraction of sp³-hybridized carbons (Fsp3) is 0.150. The van der Waals surface area contributed by atoms with E-state index in [2.05, 4.69) is 46.8 Å². The molecule has 2 heterocycles. The molecule has 1 aliphatic rings. The average molecular weight is 398 g/mol. The Labute approximate surface area is 165 Å². The first-order chi connectivity index (χ1) is 13.0. The zero-order valence-corrected chi connectivity index (χ0v) is 16.1. The number of rotatable bonds is 4. The van der Waals surface area contributed by atoms with Crippen molar-refractivity contribution in [3.8, 4) is 0 Å². The molecule has 5 nitrogen and oxygen atoms in total. The largest absolute Gasteiger partial charge is 0.325 e. The van der Waals surface area contributed by atoms with Gasteiger partial charge in [0.15, 0.2) is 5.13 Å². The summed E-state index contributed by atoms with van der Waals surface area (Å²) in [5, 5.41) is 6.33. The summed E-state index contributed by atoms with van der Waals surface area (Å²) in [6.45, 7) is 2.06. The minimum Gasteiger partial charge on any atom is -0.325 e. The van der Waals surface area contributed by atoms with Gasteiger partial charge in [-0.3, -0.25) is 14.9 Å². The third-order valence-electron chi connectivity index (χ3n) is 4.34. The van der Waals surface area contributed by atoms with Gasteiger partial charge in [0.2, 0.25) is 5.91 Å². The number of aryl methyl sites for hydroxylation is 1. The Morgan fingerprint density at radius 2 is 2.07 bits per heavy atom. The molecule has 0 unspecified atom stereocenters. The molecule has 0 saturated heterocycles. The summed E-state index contributed by atoms with van der Waals surface area (Å²) >= 11 is 7.65. The number of carbonyl (C=O) groups excluding carboxylic acids is 2. The van der Waals surface area contributed by atoms with Crippen LogP contribution in [0.15, 0.2) is 42.6 Å². The molecule has 0 atom stereocenters. The van der Waals surface area contributed by atoms with Gasteiger partial charge in [-0.1, -0.05) is 41.4 Å². The van der Waals surface area contributed by atoms with Crippen molar-refractivity contribution in [3.05, 3.63) is 74.7 Å². The van der Waals surface area contributed by atoms with E-state index in [0.717, 1.165) is 16.9 Å². The second-order valence-corrected chi connectivity index (χ2v) is 7.98. The average Bonchev–Trinajstić information content (AvgIpc) is 3.21. The Kier molecular flexibility index (Phi) is 4.68. The van der Waals surface area contributed by atoms with Crippen LogP contribution in [0.25, 0.3) is 0 Å². The summed E-state index contributed by atoms with van der Waals surface area (Å²) < 4.78 is 0. The van der Waals surface area contributed by atoms with E-state index in [0.29, 0.717) is 21.4 Å². The first-order valence-electron chi connectivity index (χ1n) is 8.42.